The van der Waals surface area contributed by atoms with Gasteiger partial charge in [-0.3, -0.25) is 4.79 Å². The summed E-state index contributed by atoms with van der Waals surface area (Å²) in [6.07, 6.45) is 4.50. The second kappa shape index (κ2) is 3.89. The van der Waals surface area contributed by atoms with E-state index in [0.29, 0.717) is 18.0 Å². The Morgan fingerprint density at radius 2 is 1.86 bits per heavy atom. The predicted molar refractivity (Wildman–Crippen MR) is 56.0 cm³/mol. The third-order valence-corrected chi connectivity index (χ3v) is 3.56. The zero-order chi connectivity index (χ0) is 10.1. The summed E-state index contributed by atoms with van der Waals surface area (Å²) < 4.78 is 0. The minimum Gasteiger partial charge on any atom is -0.336 e. The van der Waals surface area contributed by atoms with Crippen LogP contribution in [0, 0.1) is 0 Å². The van der Waals surface area contributed by atoms with E-state index in [0.717, 1.165) is 19.4 Å². The van der Waals surface area contributed by atoms with Crippen molar-refractivity contribution in [2.24, 2.45) is 0 Å². The van der Waals surface area contributed by atoms with E-state index in [2.05, 4.69) is 24.1 Å². The highest BCUT2D eigenvalue weighted by Gasteiger charge is 2.35. The van der Waals surface area contributed by atoms with Crippen molar-refractivity contribution in [2.45, 2.75) is 57.7 Å². The Morgan fingerprint density at radius 1 is 1.21 bits per heavy atom. The molecule has 2 aliphatic rings. The van der Waals surface area contributed by atoms with Gasteiger partial charge in [0, 0.05) is 12.1 Å². The van der Waals surface area contributed by atoms with Gasteiger partial charge in [0.1, 0.15) is 0 Å². The van der Waals surface area contributed by atoms with E-state index in [4.69, 9.17) is 0 Å². The number of nitrogens with one attached hydrogen (secondary N) is 1. The van der Waals surface area contributed by atoms with Crippen LogP contribution in [0.3, 0.4) is 0 Å². The Balaban J connectivity index is 2.02. The Morgan fingerprint density at radius 3 is 2.36 bits per heavy atom. The number of rotatable bonds is 1. The van der Waals surface area contributed by atoms with Gasteiger partial charge in [0.15, 0.2) is 0 Å². The Kier molecular flexibility index (Phi) is 2.77. The lowest BCUT2D eigenvalue weighted by atomic mass is 10.2. The highest BCUT2D eigenvalue weighted by molar-refractivity contribution is 5.83. The van der Waals surface area contributed by atoms with Gasteiger partial charge in [0.05, 0.1) is 6.04 Å². The summed E-state index contributed by atoms with van der Waals surface area (Å²) in [5.41, 5.74) is 0. The zero-order valence-electron chi connectivity index (χ0n) is 9.12. The number of hydrogen-bond acceptors (Lipinski definition) is 2. The van der Waals surface area contributed by atoms with Gasteiger partial charge in [-0.15, -0.1) is 0 Å². The Labute approximate surface area is 85.8 Å². The highest BCUT2D eigenvalue weighted by atomic mass is 16.2. The fourth-order valence-electron chi connectivity index (χ4n) is 2.70. The molecule has 14 heavy (non-hydrogen) atoms. The van der Waals surface area contributed by atoms with Gasteiger partial charge in [-0.2, -0.15) is 0 Å². The standard InChI is InChI=1S/C11H20N2O/c1-8-5-6-9(2)13(8)11(14)10-4-3-7-12-10/h8-10,12H,3-7H2,1-2H3/t8?,9?,10-/m1/s1. The molecule has 0 aliphatic carbocycles. The summed E-state index contributed by atoms with van der Waals surface area (Å²) in [6, 6.07) is 0.998. The van der Waals surface area contributed by atoms with Crippen molar-refractivity contribution in [3.05, 3.63) is 0 Å². The van der Waals surface area contributed by atoms with Crippen LogP contribution in [-0.2, 0) is 4.79 Å². The lowest BCUT2D eigenvalue weighted by molar-refractivity contribution is -0.135. The van der Waals surface area contributed by atoms with Crippen LogP contribution in [0.5, 0.6) is 0 Å². The van der Waals surface area contributed by atoms with Gasteiger partial charge in [-0.25, -0.2) is 0 Å². The number of carbonyl (C=O) groups is 1. The van der Waals surface area contributed by atoms with Crippen LogP contribution >= 0.6 is 0 Å². The van der Waals surface area contributed by atoms with E-state index in [-0.39, 0.29) is 6.04 Å². The van der Waals surface area contributed by atoms with Crippen LogP contribution in [-0.4, -0.2) is 35.5 Å². The third-order valence-electron chi connectivity index (χ3n) is 3.56. The van der Waals surface area contributed by atoms with E-state index in [1.54, 1.807) is 0 Å². The van der Waals surface area contributed by atoms with Gasteiger partial charge < -0.3 is 10.2 Å². The van der Waals surface area contributed by atoms with Crippen LogP contribution in [0.15, 0.2) is 0 Å². The van der Waals surface area contributed by atoms with Crippen molar-refractivity contribution in [3.8, 4) is 0 Å². The van der Waals surface area contributed by atoms with Gasteiger partial charge in [-0.1, -0.05) is 0 Å². The molecule has 1 N–H and O–H groups in total. The Bertz CT molecular complexity index is 213. The molecule has 2 saturated heterocycles. The van der Waals surface area contributed by atoms with E-state index >= 15 is 0 Å². The first kappa shape index (κ1) is 9.97. The van der Waals surface area contributed by atoms with Gasteiger partial charge in [-0.05, 0) is 46.1 Å². The van der Waals surface area contributed by atoms with Crippen molar-refractivity contribution in [1.82, 2.24) is 10.2 Å². The molecule has 2 heterocycles. The number of amides is 1. The molecular formula is C11H20N2O. The third kappa shape index (κ3) is 1.65. The molecule has 3 heteroatoms. The number of carbonyl (C=O) groups excluding carboxylic acids is 1. The minimum absolute atomic E-state index is 0.109. The van der Waals surface area contributed by atoms with Crippen LogP contribution in [0.2, 0.25) is 0 Å². The maximum Gasteiger partial charge on any atom is 0.240 e. The first-order valence-corrected chi connectivity index (χ1v) is 5.75. The zero-order valence-corrected chi connectivity index (χ0v) is 9.12. The molecule has 0 bridgehead atoms. The largest absolute Gasteiger partial charge is 0.336 e. The van der Waals surface area contributed by atoms with Gasteiger partial charge in [0.25, 0.3) is 0 Å². The molecule has 2 fully saturated rings. The van der Waals surface area contributed by atoms with Crippen molar-refractivity contribution < 1.29 is 4.79 Å². The van der Waals surface area contributed by atoms with Crippen molar-refractivity contribution in [1.29, 1.82) is 0 Å². The van der Waals surface area contributed by atoms with E-state index in [9.17, 15) is 4.79 Å². The molecule has 3 atom stereocenters. The summed E-state index contributed by atoms with van der Waals surface area (Å²) in [7, 11) is 0. The van der Waals surface area contributed by atoms with Gasteiger partial charge in [0.2, 0.25) is 5.91 Å². The second-order valence-corrected chi connectivity index (χ2v) is 4.67. The normalized spacial score (nSPS) is 37.9. The number of nitrogens with zero attached hydrogens (tertiary/aromatic N) is 1. The second-order valence-electron chi connectivity index (χ2n) is 4.67. The maximum atomic E-state index is 12.1. The smallest absolute Gasteiger partial charge is 0.240 e. The average molecular weight is 196 g/mol. The summed E-state index contributed by atoms with van der Waals surface area (Å²) in [4.78, 5) is 14.2. The molecule has 1 amide bonds. The topological polar surface area (TPSA) is 32.3 Å². The average Bonchev–Trinajstić information content (AvgIpc) is 2.75. The fraction of sp³-hybridized carbons (Fsp3) is 0.909. The molecule has 0 saturated carbocycles. The van der Waals surface area contributed by atoms with Crippen LogP contribution in [0.25, 0.3) is 0 Å². The molecular weight excluding hydrogens is 176 g/mol. The molecule has 0 aromatic carbocycles. The fourth-order valence-corrected chi connectivity index (χ4v) is 2.70. The van der Waals surface area contributed by atoms with Crippen LogP contribution in [0.1, 0.15) is 39.5 Å². The van der Waals surface area contributed by atoms with E-state index < -0.39 is 0 Å². The lowest BCUT2D eigenvalue weighted by Crippen LogP contribution is -2.47. The quantitative estimate of drug-likeness (QED) is 0.682. The monoisotopic (exact) mass is 196 g/mol. The molecule has 0 aromatic rings. The van der Waals surface area contributed by atoms with E-state index in [1.807, 2.05) is 0 Å². The molecule has 0 aromatic heterocycles. The molecule has 2 aliphatic heterocycles. The van der Waals surface area contributed by atoms with Crippen molar-refractivity contribution in [2.75, 3.05) is 6.54 Å². The van der Waals surface area contributed by atoms with Gasteiger partial charge >= 0.3 is 0 Å². The van der Waals surface area contributed by atoms with E-state index in [1.165, 1.54) is 12.8 Å². The first-order valence-electron chi connectivity index (χ1n) is 5.75. The predicted octanol–water partition coefficient (Wildman–Crippen LogP) is 1.14. The molecule has 2 rings (SSSR count). The summed E-state index contributed by atoms with van der Waals surface area (Å²) in [5, 5.41) is 3.28. The summed E-state index contributed by atoms with van der Waals surface area (Å²) in [6.45, 7) is 5.33. The lowest BCUT2D eigenvalue weighted by Gasteiger charge is -2.29. The molecule has 0 spiro atoms. The van der Waals surface area contributed by atoms with Crippen molar-refractivity contribution in [3.63, 3.8) is 0 Å². The van der Waals surface area contributed by atoms with Crippen LogP contribution < -0.4 is 5.32 Å². The summed E-state index contributed by atoms with van der Waals surface area (Å²) in [5.74, 6) is 0.333. The molecule has 2 unspecified atom stereocenters. The first-order chi connectivity index (χ1) is 6.70. The minimum atomic E-state index is 0.109. The molecule has 3 nitrogen and oxygen atoms in total. The SMILES string of the molecule is CC1CCC(C)N1C(=O)[C@H]1CCCN1. The number of likely N-dealkylation sites (tertiary alicyclic amines) is 1. The highest BCUT2D eigenvalue weighted by Crippen LogP contribution is 2.25. The summed E-state index contributed by atoms with van der Waals surface area (Å²) >= 11 is 0. The molecule has 0 radical (unpaired) electrons. The Hall–Kier alpha value is -0.570. The molecule has 80 valence electrons. The number of hydrogen-bond donors (Lipinski definition) is 1. The maximum absolute atomic E-state index is 12.1. The van der Waals surface area contributed by atoms with Crippen molar-refractivity contribution >= 4 is 5.91 Å². The van der Waals surface area contributed by atoms with Crippen LogP contribution in [0.4, 0.5) is 0 Å².